The van der Waals surface area contributed by atoms with Crippen LogP contribution in [-0.4, -0.2) is 43.9 Å². The lowest BCUT2D eigenvalue weighted by molar-refractivity contribution is 0.324. The minimum atomic E-state index is -0.0182. The molecule has 32 heavy (non-hydrogen) atoms. The van der Waals surface area contributed by atoms with E-state index in [4.69, 9.17) is 19.2 Å². The first-order valence-corrected chi connectivity index (χ1v) is 10.4. The Morgan fingerprint density at radius 3 is 2.28 bits per heavy atom. The number of nitrogens with one attached hydrogen (secondary N) is 2. The smallest absolute Gasteiger partial charge is 0.203 e. The van der Waals surface area contributed by atoms with E-state index < -0.39 is 0 Å². The molecule has 4 rings (SSSR count). The van der Waals surface area contributed by atoms with E-state index in [1.54, 1.807) is 27.5 Å². The van der Waals surface area contributed by atoms with Crippen LogP contribution in [0.5, 0.6) is 17.2 Å². The van der Waals surface area contributed by atoms with Gasteiger partial charge in [0.25, 0.3) is 0 Å². The highest BCUT2D eigenvalue weighted by Crippen LogP contribution is 2.41. The molecule has 0 spiro atoms. The first kappa shape index (κ1) is 21.6. The zero-order valence-corrected chi connectivity index (χ0v) is 19.0. The molecule has 0 radical (unpaired) electrons. The lowest BCUT2D eigenvalue weighted by Crippen LogP contribution is -2.38. The average molecular weight is 433 g/mol. The normalized spacial score (nSPS) is 17.7. The molecule has 0 bridgehead atoms. The fourth-order valence-corrected chi connectivity index (χ4v) is 3.66. The molecule has 1 unspecified atom stereocenters. The van der Waals surface area contributed by atoms with Crippen LogP contribution < -0.4 is 24.8 Å². The summed E-state index contributed by atoms with van der Waals surface area (Å²) in [5.74, 6) is 2.47. The summed E-state index contributed by atoms with van der Waals surface area (Å²) in [5, 5.41) is 6.68. The van der Waals surface area contributed by atoms with Gasteiger partial charge in [-0.2, -0.15) is 0 Å². The van der Waals surface area contributed by atoms with Gasteiger partial charge in [0.2, 0.25) is 5.75 Å². The number of nitrogens with zero attached hydrogens (tertiary/aromatic N) is 2. The number of aromatic nitrogens is 2. The minimum absolute atomic E-state index is 0.0182. The minimum Gasteiger partial charge on any atom is -0.493 e. The molecule has 3 aromatic rings. The number of hydrogen-bond acceptors (Lipinski definition) is 7. The Morgan fingerprint density at radius 1 is 0.938 bits per heavy atom. The molecule has 1 aliphatic carbocycles. The third-order valence-electron chi connectivity index (χ3n) is 5.76. The predicted octanol–water partition coefficient (Wildman–Crippen LogP) is 4.56. The van der Waals surface area contributed by atoms with Gasteiger partial charge in [-0.25, -0.2) is 4.98 Å². The van der Waals surface area contributed by atoms with Crippen molar-refractivity contribution in [3.8, 4) is 28.4 Å². The summed E-state index contributed by atoms with van der Waals surface area (Å²) in [4.78, 5) is 9.34. The number of hydrogen-bond donors (Lipinski definition) is 2. The van der Waals surface area contributed by atoms with Crippen molar-refractivity contribution < 1.29 is 14.2 Å². The molecule has 1 heterocycles. The van der Waals surface area contributed by atoms with Gasteiger partial charge in [0.15, 0.2) is 11.5 Å². The molecule has 1 atom stereocenters. The second-order valence-electron chi connectivity index (χ2n) is 7.86. The SMILES string of the molecule is CNC1(C)C=CC(Nc2cnc3ccc(-c4cc(OC)c(OC)c(OC)c4)cc3n2)=CC1. The lowest BCUT2D eigenvalue weighted by Gasteiger charge is -2.27. The topological polar surface area (TPSA) is 77.5 Å². The van der Waals surface area contributed by atoms with Gasteiger partial charge in [0.1, 0.15) is 5.82 Å². The Kier molecular flexibility index (Phi) is 6.01. The molecule has 0 saturated carbocycles. The Balaban J connectivity index is 1.66. The molecule has 1 aliphatic rings. The van der Waals surface area contributed by atoms with E-state index in [9.17, 15) is 0 Å². The van der Waals surface area contributed by atoms with Gasteiger partial charge in [-0.15, -0.1) is 0 Å². The molecule has 1 aromatic heterocycles. The van der Waals surface area contributed by atoms with Gasteiger partial charge in [-0.05, 0) is 61.9 Å². The number of methoxy groups -OCH3 is 3. The van der Waals surface area contributed by atoms with E-state index in [0.29, 0.717) is 23.1 Å². The van der Waals surface area contributed by atoms with Crippen molar-refractivity contribution in [1.29, 1.82) is 0 Å². The fraction of sp³-hybridized carbons (Fsp3) is 0.280. The van der Waals surface area contributed by atoms with Crippen LogP contribution in [-0.2, 0) is 0 Å². The van der Waals surface area contributed by atoms with Crippen LogP contribution in [0.2, 0.25) is 0 Å². The quantitative estimate of drug-likeness (QED) is 0.567. The Hall–Kier alpha value is -3.58. The van der Waals surface area contributed by atoms with E-state index in [1.807, 2.05) is 37.4 Å². The van der Waals surface area contributed by atoms with Crippen LogP contribution in [0, 0.1) is 0 Å². The molecule has 166 valence electrons. The number of likely N-dealkylation sites (N-methyl/N-ethyl adjacent to an activating group) is 1. The van der Waals surface area contributed by atoms with Gasteiger partial charge >= 0.3 is 0 Å². The number of fused-ring (bicyclic) bond motifs is 1. The molecule has 7 heteroatoms. The predicted molar refractivity (Wildman–Crippen MR) is 128 cm³/mol. The van der Waals surface area contributed by atoms with Crippen molar-refractivity contribution in [3.63, 3.8) is 0 Å². The highest BCUT2D eigenvalue weighted by atomic mass is 16.5. The summed E-state index contributed by atoms with van der Waals surface area (Å²) >= 11 is 0. The van der Waals surface area contributed by atoms with E-state index in [-0.39, 0.29) is 5.54 Å². The molecule has 2 aromatic carbocycles. The first-order chi connectivity index (χ1) is 15.5. The summed E-state index contributed by atoms with van der Waals surface area (Å²) < 4.78 is 16.4. The fourth-order valence-electron chi connectivity index (χ4n) is 3.66. The maximum absolute atomic E-state index is 5.49. The molecule has 0 aliphatic heterocycles. The van der Waals surface area contributed by atoms with Crippen molar-refractivity contribution in [2.75, 3.05) is 33.7 Å². The number of anilines is 1. The van der Waals surface area contributed by atoms with E-state index in [1.165, 1.54) is 0 Å². The Labute approximate surface area is 188 Å². The largest absolute Gasteiger partial charge is 0.493 e. The maximum atomic E-state index is 5.49. The zero-order valence-electron chi connectivity index (χ0n) is 19.0. The van der Waals surface area contributed by atoms with Crippen LogP contribution in [0.15, 0.2) is 60.5 Å². The molecule has 2 N–H and O–H groups in total. The standard InChI is InChI=1S/C25H28N4O3/c1-25(26-2)10-8-18(9-11-25)28-23-15-27-19-7-6-16(12-20(19)29-23)17-13-21(30-3)24(32-5)22(14-17)31-4/h6-10,12-15,26H,11H2,1-5H3,(H,28,29). The van der Waals surface area contributed by atoms with Gasteiger partial charge in [0, 0.05) is 11.2 Å². The first-order valence-electron chi connectivity index (χ1n) is 10.4. The van der Waals surface area contributed by atoms with E-state index in [2.05, 4.69) is 40.8 Å². The van der Waals surface area contributed by atoms with Gasteiger partial charge in [-0.1, -0.05) is 18.2 Å². The number of benzene rings is 2. The summed E-state index contributed by atoms with van der Waals surface area (Å²) in [7, 11) is 6.78. The molecule has 0 saturated heterocycles. The third kappa shape index (κ3) is 4.24. The van der Waals surface area contributed by atoms with E-state index in [0.717, 1.165) is 34.3 Å². The van der Waals surface area contributed by atoms with Crippen LogP contribution in [0.4, 0.5) is 5.82 Å². The van der Waals surface area contributed by atoms with Gasteiger partial charge < -0.3 is 24.8 Å². The van der Waals surface area contributed by atoms with Gasteiger partial charge in [-0.3, -0.25) is 4.98 Å². The number of ether oxygens (including phenoxy) is 3. The lowest BCUT2D eigenvalue weighted by atomic mass is 9.93. The molecule has 0 fully saturated rings. The van der Waals surface area contributed by atoms with Crippen molar-refractivity contribution in [2.24, 2.45) is 0 Å². The number of allylic oxidation sites excluding steroid dienone is 1. The van der Waals surface area contributed by atoms with Crippen molar-refractivity contribution >= 4 is 16.9 Å². The maximum Gasteiger partial charge on any atom is 0.203 e. The Bertz CT molecular complexity index is 1180. The van der Waals surface area contributed by atoms with Crippen LogP contribution >= 0.6 is 0 Å². The average Bonchev–Trinajstić information content (AvgIpc) is 2.84. The van der Waals surface area contributed by atoms with Crippen molar-refractivity contribution in [1.82, 2.24) is 15.3 Å². The second kappa shape index (κ2) is 8.88. The monoisotopic (exact) mass is 432 g/mol. The molecule has 0 amide bonds. The third-order valence-corrected chi connectivity index (χ3v) is 5.76. The zero-order chi connectivity index (χ0) is 22.7. The van der Waals surface area contributed by atoms with Crippen LogP contribution in [0.1, 0.15) is 13.3 Å². The summed E-state index contributed by atoms with van der Waals surface area (Å²) in [6.45, 7) is 2.16. The van der Waals surface area contributed by atoms with Crippen molar-refractivity contribution in [2.45, 2.75) is 18.9 Å². The summed E-state index contributed by atoms with van der Waals surface area (Å²) in [5.41, 5.74) is 4.52. The van der Waals surface area contributed by atoms with Crippen LogP contribution in [0.3, 0.4) is 0 Å². The Morgan fingerprint density at radius 2 is 1.69 bits per heavy atom. The van der Waals surface area contributed by atoms with Gasteiger partial charge in [0.05, 0.1) is 38.6 Å². The van der Waals surface area contributed by atoms with E-state index >= 15 is 0 Å². The summed E-state index contributed by atoms with van der Waals surface area (Å²) in [6.07, 6.45) is 9.04. The van der Waals surface area contributed by atoms with Crippen LogP contribution in [0.25, 0.3) is 22.2 Å². The van der Waals surface area contributed by atoms with Crippen molar-refractivity contribution in [3.05, 3.63) is 60.5 Å². The molecular weight excluding hydrogens is 404 g/mol. The summed E-state index contributed by atoms with van der Waals surface area (Å²) in [6, 6.07) is 9.83. The highest BCUT2D eigenvalue weighted by molar-refractivity contribution is 5.83. The molecular formula is C25H28N4O3. The second-order valence-corrected chi connectivity index (χ2v) is 7.86. The molecule has 7 nitrogen and oxygen atoms in total. The number of rotatable bonds is 7. The highest BCUT2D eigenvalue weighted by Gasteiger charge is 2.20.